The van der Waals surface area contributed by atoms with E-state index in [1.54, 1.807) is 62.5 Å². The van der Waals surface area contributed by atoms with Crippen LogP contribution < -0.4 is 0 Å². The quantitative estimate of drug-likeness (QED) is 0.0903. The Labute approximate surface area is 727 Å². The van der Waals surface area contributed by atoms with Crippen LogP contribution in [0.1, 0.15) is 330 Å². The topological polar surface area (TPSA) is 51.6 Å². The minimum atomic E-state index is -0.458. The Morgan fingerprint density at radius 2 is 0.625 bits per heavy atom. The van der Waals surface area contributed by atoms with Gasteiger partial charge in [0.05, 0.1) is 0 Å². The fraction of sp³-hybridized carbons (Fsp3) is 0.370. The number of benzene rings is 8. The molecule has 0 bridgehead atoms. The van der Waals surface area contributed by atoms with Gasteiger partial charge in [-0.05, 0) is 214 Å². The molecule has 0 radical (unpaired) electrons. The third-order valence-corrected chi connectivity index (χ3v) is 18.3. The van der Waals surface area contributed by atoms with Crippen molar-refractivity contribution in [3.63, 3.8) is 0 Å². The molecule has 652 valence electrons. The van der Waals surface area contributed by atoms with E-state index in [9.17, 15) is 30.7 Å². The van der Waals surface area contributed by atoms with Gasteiger partial charge < -0.3 is 0 Å². The zero-order valence-electron chi connectivity index (χ0n) is 75.3. The summed E-state index contributed by atoms with van der Waals surface area (Å²) >= 11 is 5.78. The first-order valence-electron chi connectivity index (χ1n) is 41.3. The number of halogens is 8. The molecule has 0 atom stereocenters. The summed E-state index contributed by atoms with van der Waals surface area (Å²) in [5.41, 5.74) is 15.0. The maximum atomic E-state index is 13.0. The minimum Gasteiger partial charge on any atom is -0.264 e. The van der Waals surface area contributed by atoms with Gasteiger partial charge in [0.2, 0.25) is 5.95 Å². The van der Waals surface area contributed by atoms with Crippen LogP contribution in [0.3, 0.4) is 0 Å². The van der Waals surface area contributed by atoms with Crippen LogP contribution in [0.4, 0.5) is 30.7 Å². The number of rotatable bonds is 12. The molecule has 4 aromatic heterocycles. The van der Waals surface area contributed by atoms with Crippen LogP contribution in [-0.2, 0) is 0 Å². The summed E-state index contributed by atoms with van der Waals surface area (Å²) in [5, 5.41) is 0.514. The molecule has 0 N–H and O–H groups in total. The maximum Gasteiger partial charge on any atom is 0.216 e. The number of hydrogen-bond acceptors (Lipinski definition) is 4. The monoisotopic (exact) mass is 1670 g/mol. The second-order valence-electron chi connectivity index (χ2n) is 32.1. The Morgan fingerprint density at radius 1 is 0.250 bits per heavy atom. The zero-order chi connectivity index (χ0) is 89.0. The molecule has 12 rings (SSSR count). The normalized spacial score (nSPS) is 10.2. The third-order valence-electron chi connectivity index (χ3n) is 18.0. The zero-order valence-corrected chi connectivity index (χ0v) is 76.1. The lowest BCUT2D eigenvalue weighted by atomic mass is 10.0. The van der Waals surface area contributed by atoms with E-state index in [1.807, 2.05) is 134 Å². The first kappa shape index (κ1) is 112. The van der Waals surface area contributed by atoms with Gasteiger partial charge in [-0.25, -0.2) is 31.3 Å². The summed E-state index contributed by atoms with van der Waals surface area (Å²) in [5.74, 6) is 3.25. The van der Waals surface area contributed by atoms with E-state index in [2.05, 4.69) is 229 Å². The van der Waals surface area contributed by atoms with Crippen molar-refractivity contribution in [2.24, 2.45) is 0 Å². The summed E-state index contributed by atoms with van der Waals surface area (Å²) in [7, 11) is 0. The van der Waals surface area contributed by atoms with Crippen molar-refractivity contribution in [1.29, 1.82) is 0 Å². The van der Waals surface area contributed by atoms with Gasteiger partial charge in [-0.3, -0.25) is 15.0 Å². The predicted molar refractivity (Wildman–Crippen MR) is 505 cm³/mol. The molecule has 0 unspecified atom stereocenters. The van der Waals surface area contributed by atoms with Crippen LogP contribution in [0.2, 0.25) is 5.02 Å². The average molecular weight is 1670 g/mol. The Bertz CT molecular complexity index is 4110. The van der Waals surface area contributed by atoms with Gasteiger partial charge in [-0.1, -0.05) is 362 Å². The summed E-state index contributed by atoms with van der Waals surface area (Å²) in [6.45, 7) is 53.9. The van der Waals surface area contributed by atoms with Crippen molar-refractivity contribution in [3.05, 3.63) is 404 Å². The highest BCUT2D eigenvalue weighted by molar-refractivity contribution is 6.31. The van der Waals surface area contributed by atoms with E-state index < -0.39 is 11.6 Å². The molecule has 12 aromatic rings. The predicted octanol–water partition coefficient (Wildman–Crippen LogP) is 34.8. The smallest absolute Gasteiger partial charge is 0.216 e. The van der Waals surface area contributed by atoms with E-state index in [1.165, 1.54) is 93.7 Å². The number of aromatic nitrogens is 4. The molecular formula is C108H144ClF7N4. The molecule has 0 fully saturated rings. The summed E-state index contributed by atoms with van der Waals surface area (Å²) in [4.78, 5) is 15.9. The number of pyridine rings is 4. The van der Waals surface area contributed by atoms with Crippen LogP contribution in [0.15, 0.2) is 280 Å². The first-order chi connectivity index (χ1) is 55.7. The van der Waals surface area contributed by atoms with Gasteiger partial charge in [-0.2, -0.15) is 4.39 Å². The van der Waals surface area contributed by atoms with Gasteiger partial charge in [0.15, 0.2) is 0 Å². The molecule has 12 heteroatoms. The first-order valence-corrected chi connectivity index (χ1v) is 41.7. The van der Waals surface area contributed by atoms with Crippen molar-refractivity contribution < 1.29 is 30.7 Å². The lowest BCUT2D eigenvalue weighted by molar-refractivity contribution is 0.541. The Kier molecular flexibility index (Phi) is 59.1. The van der Waals surface area contributed by atoms with Gasteiger partial charge in [0.1, 0.15) is 34.9 Å². The fourth-order valence-electron chi connectivity index (χ4n) is 10.6. The molecule has 120 heavy (non-hydrogen) atoms. The number of aryl methyl sites for hydroxylation is 2. The second-order valence-corrected chi connectivity index (χ2v) is 32.6. The van der Waals surface area contributed by atoms with E-state index in [0.717, 1.165) is 22.5 Å². The summed E-state index contributed by atoms with van der Waals surface area (Å²) < 4.78 is 89.2. The van der Waals surface area contributed by atoms with E-state index in [0.29, 0.717) is 63.5 Å². The minimum absolute atomic E-state index is 0. The van der Waals surface area contributed by atoms with Gasteiger partial charge >= 0.3 is 0 Å². The molecule has 4 heterocycles. The van der Waals surface area contributed by atoms with Crippen molar-refractivity contribution >= 4 is 11.6 Å². The average Bonchev–Trinajstić information content (AvgIpc) is 0.867. The van der Waals surface area contributed by atoms with Gasteiger partial charge in [0.25, 0.3) is 0 Å². The fourth-order valence-corrected chi connectivity index (χ4v) is 11.0. The van der Waals surface area contributed by atoms with E-state index in [-0.39, 0.29) is 73.3 Å². The highest BCUT2D eigenvalue weighted by Crippen LogP contribution is 2.27. The standard InChI is InChI=1S/C10H14.C9H10ClF.C9H10F2.3C9H11F.C9H13N.2C9H12.C8H10FN.2C8H11N.2CH4/c1-8(2)10-6-4-5-9(3)7-10;2*1-6(2)9-7(10)4-3-5-8(9)11;1-7(2)8-3-5-9(10)6-4-8;1-7(2)8-4-3-5-9(10)6-8;1-7(2)8-5-3-4-6-9(8)10;1-7(2)9-5-4-8(3)10-6-9;2*1-8(2)9-6-4-3-5-7-9;1-6(2)7-4-3-5-10-8(7)9;1-7(2)8-4-3-5-9-6-8;1-7(2)8-5-3-4-6-9-8;;/h4-8H,1-3H3;2*3-6H,1-2H3;3*3-7H,1-2H3;4-7H,1-3H3;2*3-8H,1-2H3;3-6H,1-2H3;2*3-7H,1-2H3;2*1H4. The summed E-state index contributed by atoms with van der Waals surface area (Å²) in [6.07, 6.45) is 8.94. The second kappa shape index (κ2) is 63.2. The SMILES string of the molecule is C.C.CC(C)c1c(F)cccc1Cl.CC(C)c1c(F)cccc1F.CC(C)c1ccc(F)cc1.CC(C)c1cccc(F)c1.CC(C)c1ccccc1.CC(C)c1ccccc1.CC(C)c1ccccc1F.CC(C)c1ccccn1.CC(C)c1cccnc1.CC(C)c1cccnc1F.Cc1ccc(C(C)C)cn1.Cc1cccc(C(C)C)c1. The van der Waals surface area contributed by atoms with E-state index >= 15 is 0 Å². The molecule has 0 amide bonds. The van der Waals surface area contributed by atoms with Crippen LogP contribution in [0, 0.1) is 54.7 Å². The Morgan fingerprint density at radius 3 is 0.942 bits per heavy atom. The van der Waals surface area contributed by atoms with Crippen molar-refractivity contribution in [2.45, 2.75) is 266 Å². The molecule has 0 aliphatic heterocycles. The van der Waals surface area contributed by atoms with E-state index in [4.69, 9.17) is 11.6 Å². The molecule has 8 aromatic carbocycles. The van der Waals surface area contributed by atoms with Crippen LogP contribution in [0.25, 0.3) is 0 Å². The lowest BCUT2D eigenvalue weighted by Crippen LogP contribution is -1.96. The van der Waals surface area contributed by atoms with Crippen molar-refractivity contribution in [1.82, 2.24) is 19.9 Å². The maximum absolute atomic E-state index is 13.0. The molecule has 4 nitrogen and oxygen atoms in total. The van der Waals surface area contributed by atoms with Crippen molar-refractivity contribution in [2.75, 3.05) is 0 Å². The molecule has 0 aliphatic rings. The van der Waals surface area contributed by atoms with Crippen molar-refractivity contribution in [3.8, 4) is 0 Å². The molecule has 0 aliphatic carbocycles. The molecular weight excluding hydrogens is 1520 g/mol. The lowest BCUT2D eigenvalue weighted by Gasteiger charge is -2.07. The Hall–Kier alpha value is -9.84. The molecule has 0 saturated carbocycles. The number of nitrogens with zero attached hydrogens (tertiary/aromatic N) is 4. The highest BCUT2D eigenvalue weighted by atomic mass is 35.5. The van der Waals surface area contributed by atoms with Crippen LogP contribution in [-0.4, -0.2) is 19.9 Å². The number of hydrogen-bond donors (Lipinski definition) is 0. The van der Waals surface area contributed by atoms with Gasteiger partial charge in [0, 0.05) is 64.1 Å². The summed E-state index contributed by atoms with van der Waals surface area (Å²) in [6, 6.07) is 76.4. The Balaban J connectivity index is 0. The highest BCUT2D eigenvalue weighted by Gasteiger charge is 2.13. The van der Waals surface area contributed by atoms with Gasteiger partial charge in [-0.15, -0.1) is 0 Å². The van der Waals surface area contributed by atoms with Crippen LogP contribution in [0.5, 0.6) is 0 Å². The largest absolute Gasteiger partial charge is 0.264 e. The third kappa shape index (κ3) is 48.4. The van der Waals surface area contributed by atoms with Crippen LogP contribution >= 0.6 is 11.6 Å². The molecule has 0 spiro atoms. The molecule has 0 saturated heterocycles.